The Morgan fingerprint density at radius 2 is 1.57 bits per heavy atom. The van der Waals surface area contributed by atoms with Gasteiger partial charge in [-0.05, 0) is 12.1 Å². The molecule has 0 heterocycles. The summed E-state index contributed by atoms with van der Waals surface area (Å²) in [6.45, 7) is 0. The fourth-order valence-corrected chi connectivity index (χ4v) is 0.726. The molecule has 14 heavy (non-hydrogen) atoms. The van der Waals surface area contributed by atoms with E-state index in [0.717, 1.165) is 0 Å². The molecule has 0 saturated carbocycles. The van der Waals surface area contributed by atoms with Gasteiger partial charge in [0.2, 0.25) is 0 Å². The van der Waals surface area contributed by atoms with E-state index in [2.05, 4.69) is 17.0 Å². The van der Waals surface area contributed by atoms with E-state index in [-0.39, 0.29) is 52.8 Å². The molecule has 0 bridgehead atoms. The Morgan fingerprint density at radius 1 is 1.21 bits per heavy atom. The normalized spacial score (nSPS) is 7.57. The minimum atomic E-state index is -1.83. The van der Waals surface area contributed by atoms with Gasteiger partial charge in [-0.25, -0.2) is 4.79 Å². The number of para-hydroxylation sites is 1. The maximum Gasteiger partial charge on any atom is 1.00 e. The summed E-state index contributed by atoms with van der Waals surface area (Å²) in [5.41, 5.74) is 1.25. The van der Waals surface area contributed by atoms with Crippen LogP contribution in [0.1, 0.15) is 1.43 Å². The Kier molecular flexibility index (Phi) is 11.1. The van der Waals surface area contributed by atoms with E-state index in [1.54, 1.807) is 0 Å². The molecule has 0 aromatic heterocycles. The molecule has 1 rings (SSSR count). The Hall–Kier alpha value is -0.0736. The van der Waals surface area contributed by atoms with Crippen molar-refractivity contribution in [1.29, 1.82) is 0 Å². The predicted octanol–water partition coefficient (Wildman–Crippen LogP) is -0.908. The molecule has 0 saturated heterocycles. The Morgan fingerprint density at radius 3 is 1.79 bits per heavy atom. The molecule has 4 nitrogen and oxygen atoms in total. The molecule has 0 amide bonds. The van der Waals surface area contributed by atoms with E-state index in [1.807, 2.05) is 32.3 Å². The number of rotatable bonds is 1. The monoisotopic (exact) mass is 223 g/mol. The molecule has 0 aliphatic heterocycles. The Labute approximate surface area is 127 Å². The summed E-state index contributed by atoms with van der Waals surface area (Å²) in [5.74, 6) is 0. The second-order valence-corrected chi connectivity index (χ2v) is 2.51. The summed E-state index contributed by atoms with van der Waals surface area (Å²) < 4.78 is 0. The largest absolute Gasteiger partial charge is 1.00 e. The van der Waals surface area contributed by atoms with Crippen LogP contribution in [0.4, 0.5) is 10.5 Å². The van der Waals surface area contributed by atoms with E-state index in [4.69, 9.17) is 15.0 Å². The molecule has 0 spiro atoms. The van der Waals surface area contributed by atoms with Gasteiger partial charge < -0.3 is 16.5 Å². The number of nitrogens with zero attached hydrogens (tertiary/aromatic N) is 1. The van der Waals surface area contributed by atoms with Crippen molar-refractivity contribution in [3.63, 3.8) is 0 Å². The summed E-state index contributed by atoms with van der Waals surface area (Å²) in [5, 5.41) is 13.9. The van der Waals surface area contributed by atoms with Crippen LogP contribution in [0, 0.1) is 0 Å². The van der Waals surface area contributed by atoms with Crippen LogP contribution in [-0.2, 0) is 0 Å². The minimum Gasteiger partial charge on any atom is -1.00 e. The summed E-state index contributed by atoms with van der Waals surface area (Å²) in [7, 11) is 4.07. The van der Waals surface area contributed by atoms with Crippen molar-refractivity contribution in [3.8, 4) is 0 Å². The summed E-state index contributed by atoms with van der Waals surface area (Å²) >= 11 is 0. The van der Waals surface area contributed by atoms with Crippen molar-refractivity contribution in [3.05, 3.63) is 30.3 Å². The number of carbonyl (C=O) groups is 1. The molecule has 0 aliphatic carbocycles. The number of hydrogen-bond acceptors (Lipinski definition) is 2. The van der Waals surface area contributed by atoms with E-state index in [1.165, 1.54) is 5.69 Å². The van der Waals surface area contributed by atoms with Gasteiger partial charge in [0.25, 0.3) is 0 Å². The molecule has 0 radical (unpaired) electrons. The van der Waals surface area contributed by atoms with Gasteiger partial charge in [0.05, 0.1) is 0 Å². The van der Waals surface area contributed by atoms with Gasteiger partial charge in [-0.1, -0.05) is 18.2 Å². The first kappa shape index (κ1) is 16.4. The second-order valence-electron chi connectivity index (χ2n) is 2.51. The van der Waals surface area contributed by atoms with E-state index in [0.29, 0.717) is 0 Å². The molecule has 0 aliphatic rings. The zero-order valence-electron chi connectivity index (χ0n) is 9.64. The van der Waals surface area contributed by atoms with Gasteiger partial charge in [0, 0.05) is 19.8 Å². The fraction of sp³-hybridized carbons (Fsp3) is 0.222. The second kappa shape index (κ2) is 9.48. The third kappa shape index (κ3) is 10.0. The van der Waals surface area contributed by atoms with Crippen LogP contribution in [0.25, 0.3) is 0 Å². The van der Waals surface area contributed by atoms with E-state index >= 15 is 0 Å². The van der Waals surface area contributed by atoms with Crippen molar-refractivity contribution in [2.75, 3.05) is 19.0 Å². The molecular weight excluding hydrogens is 209 g/mol. The molecule has 0 unspecified atom stereocenters. The topological polar surface area (TPSA) is 60.8 Å². The summed E-state index contributed by atoms with van der Waals surface area (Å²) in [6, 6.07) is 10.3. The maximum absolute atomic E-state index is 8.56. The van der Waals surface area contributed by atoms with Crippen LogP contribution in [0.5, 0.6) is 0 Å². The van der Waals surface area contributed by atoms with Crippen molar-refractivity contribution in [2.24, 2.45) is 0 Å². The Bertz CT molecular complexity index is 253. The fourth-order valence-electron chi connectivity index (χ4n) is 0.726. The number of carboxylic acid groups (broad SMARTS) is 2. The van der Waals surface area contributed by atoms with E-state index < -0.39 is 6.16 Å². The van der Waals surface area contributed by atoms with Gasteiger partial charge in [-0.15, -0.1) is 0 Å². The molecular formula is C9H14KNO3. The van der Waals surface area contributed by atoms with Crippen LogP contribution in [-0.4, -0.2) is 30.5 Å². The van der Waals surface area contributed by atoms with Crippen molar-refractivity contribution in [2.45, 2.75) is 0 Å². The van der Waals surface area contributed by atoms with Crippen LogP contribution in [0.15, 0.2) is 30.3 Å². The average Bonchev–Trinajstić information content (AvgIpc) is 2.05. The van der Waals surface area contributed by atoms with Gasteiger partial charge in [0.15, 0.2) is 0 Å². The van der Waals surface area contributed by atoms with Crippen LogP contribution >= 0.6 is 0 Å². The van der Waals surface area contributed by atoms with Gasteiger partial charge in [0.1, 0.15) is 0 Å². The van der Waals surface area contributed by atoms with Crippen molar-refractivity contribution in [1.82, 2.24) is 0 Å². The van der Waals surface area contributed by atoms with Crippen LogP contribution in [0.3, 0.4) is 0 Å². The first-order valence-corrected chi connectivity index (χ1v) is 3.68. The first-order valence-electron chi connectivity index (χ1n) is 3.68. The number of anilines is 1. The molecule has 74 valence electrons. The SMILES string of the molecule is CN(C)c1ccccc1.O=C(O)O.[H-].[K+]. The molecule has 5 heteroatoms. The molecule has 0 fully saturated rings. The number of hydrogen-bond donors (Lipinski definition) is 2. The Balaban J connectivity index is -0.000000213. The number of benzene rings is 1. The molecule has 1 aromatic rings. The van der Waals surface area contributed by atoms with Crippen molar-refractivity contribution >= 4 is 11.8 Å². The van der Waals surface area contributed by atoms with E-state index in [9.17, 15) is 0 Å². The molecule has 2 N–H and O–H groups in total. The predicted molar refractivity (Wildman–Crippen MR) is 52.5 cm³/mol. The van der Waals surface area contributed by atoms with Crippen molar-refractivity contribution < 1.29 is 67.8 Å². The minimum absolute atomic E-state index is 0. The zero-order chi connectivity index (χ0) is 10.3. The smallest absolute Gasteiger partial charge is 1.00 e. The summed E-state index contributed by atoms with van der Waals surface area (Å²) in [6.07, 6.45) is -1.83. The standard InChI is InChI=1S/C8H11N.CH2O3.K.H/c1-9(2)8-6-4-3-5-7-8;2-1(3)4;;/h3-7H,1-2H3;(H2,2,3,4);;/q;;+1;-1. The average molecular weight is 223 g/mol. The van der Waals surface area contributed by atoms with Gasteiger partial charge >= 0.3 is 57.5 Å². The third-order valence-electron chi connectivity index (χ3n) is 1.27. The molecule has 1 aromatic carbocycles. The van der Waals surface area contributed by atoms with Gasteiger partial charge in [-0.3, -0.25) is 0 Å². The molecule has 0 atom stereocenters. The summed E-state index contributed by atoms with van der Waals surface area (Å²) in [4.78, 5) is 10.6. The zero-order valence-corrected chi connectivity index (χ0v) is 11.8. The van der Waals surface area contributed by atoms with Gasteiger partial charge in [-0.2, -0.15) is 0 Å². The van der Waals surface area contributed by atoms with Crippen LogP contribution in [0.2, 0.25) is 0 Å². The van der Waals surface area contributed by atoms with Crippen LogP contribution < -0.4 is 56.3 Å². The quantitative estimate of drug-likeness (QED) is 0.605. The maximum atomic E-state index is 8.56. The first-order chi connectivity index (χ1) is 6.04. The third-order valence-corrected chi connectivity index (χ3v) is 1.27.